The Hall–Kier alpha value is -3.18. The van der Waals surface area contributed by atoms with Gasteiger partial charge in [0.15, 0.2) is 17.7 Å². The number of rotatable bonds is 8. The van der Waals surface area contributed by atoms with Crippen molar-refractivity contribution in [2.75, 3.05) is 24.9 Å². The molecular formula is C22H25FN6O3S. The van der Waals surface area contributed by atoms with Gasteiger partial charge in [0.25, 0.3) is 5.91 Å². The number of carbonyl (C=O) groups excluding carboxylic acids is 1. The number of methoxy groups -OCH3 is 2. The molecule has 174 valence electrons. The molecule has 9 nitrogen and oxygen atoms in total. The van der Waals surface area contributed by atoms with Crippen molar-refractivity contribution in [1.29, 1.82) is 0 Å². The summed E-state index contributed by atoms with van der Waals surface area (Å²) in [6.45, 7) is 0. The van der Waals surface area contributed by atoms with E-state index in [-0.39, 0.29) is 11.8 Å². The molecule has 33 heavy (non-hydrogen) atoms. The van der Waals surface area contributed by atoms with Gasteiger partial charge in [0, 0.05) is 25.3 Å². The number of hydrogen-bond acceptors (Lipinski definition) is 9. The molecule has 2 heterocycles. The molecule has 0 radical (unpaired) electrons. The predicted octanol–water partition coefficient (Wildman–Crippen LogP) is 3.94. The van der Waals surface area contributed by atoms with E-state index in [9.17, 15) is 9.18 Å². The number of anilines is 2. The van der Waals surface area contributed by atoms with E-state index in [1.165, 1.54) is 43.8 Å². The maximum Gasteiger partial charge on any atom is 0.259 e. The second-order valence-electron chi connectivity index (χ2n) is 7.75. The van der Waals surface area contributed by atoms with Gasteiger partial charge in [0.2, 0.25) is 10.3 Å². The fraction of sp³-hybridized carbons (Fsp3) is 0.409. The van der Waals surface area contributed by atoms with Crippen molar-refractivity contribution < 1.29 is 18.7 Å². The summed E-state index contributed by atoms with van der Waals surface area (Å²) < 4.78 is 24.0. The van der Waals surface area contributed by atoms with Crippen molar-refractivity contribution >= 4 is 27.5 Å². The number of nitrogens with one attached hydrogen (secondary N) is 2. The highest BCUT2D eigenvalue weighted by atomic mass is 32.1. The van der Waals surface area contributed by atoms with Crippen LogP contribution in [0.4, 0.5) is 14.7 Å². The van der Waals surface area contributed by atoms with E-state index in [0.717, 1.165) is 31.4 Å². The van der Waals surface area contributed by atoms with E-state index in [1.807, 2.05) is 12.1 Å². The van der Waals surface area contributed by atoms with Crippen LogP contribution in [0.3, 0.4) is 0 Å². The molecule has 1 aliphatic carbocycles. The summed E-state index contributed by atoms with van der Waals surface area (Å²) in [6.07, 6.45) is 4.76. The molecule has 1 fully saturated rings. The molecule has 1 saturated carbocycles. The van der Waals surface area contributed by atoms with E-state index >= 15 is 0 Å². The number of halogens is 1. The summed E-state index contributed by atoms with van der Waals surface area (Å²) in [7, 11) is 2.77. The molecule has 11 heteroatoms. The normalized spacial score (nSPS) is 19.0. The van der Waals surface area contributed by atoms with Crippen LogP contribution in [0.5, 0.6) is 5.75 Å². The summed E-state index contributed by atoms with van der Waals surface area (Å²) in [5.74, 6) is -0.476. The SMILES string of the molecule is COc1cc([C@@H](OC)C(=O)Nc2nnc(N[C@H]3CC[C@H](c4cccnn4)CC3)s2)ccc1F. The summed E-state index contributed by atoms with van der Waals surface area (Å²) in [6, 6.07) is 8.39. The van der Waals surface area contributed by atoms with E-state index in [0.29, 0.717) is 21.7 Å². The largest absolute Gasteiger partial charge is 0.494 e. The third-order valence-electron chi connectivity index (χ3n) is 5.67. The van der Waals surface area contributed by atoms with Gasteiger partial charge in [-0.2, -0.15) is 10.2 Å². The number of ether oxygens (including phenoxy) is 2. The lowest BCUT2D eigenvalue weighted by Crippen LogP contribution is -2.25. The minimum atomic E-state index is -0.948. The van der Waals surface area contributed by atoms with Crippen molar-refractivity contribution in [2.45, 2.75) is 43.7 Å². The lowest BCUT2D eigenvalue weighted by Gasteiger charge is -2.28. The average Bonchev–Trinajstić information content (AvgIpc) is 3.28. The summed E-state index contributed by atoms with van der Waals surface area (Å²) in [5, 5.41) is 23.5. The summed E-state index contributed by atoms with van der Waals surface area (Å²) >= 11 is 1.26. The Bertz CT molecular complexity index is 1080. The Balaban J connectivity index is 1.32. The van der Waals surface area contributed by atoms with Crippen LogP contribution < -0.4 is 15.4 Å². The first-order valence-electron chi connectivity index (χ1n) is 10.6. The van der Waals surface area contributed by atoms with E-state index in [4.69, 9.17) is 9.47 Å². The van der Waals surface area contributed by atoms with Crippen LogP contribution in [0.1, 0.15) is 49.0 Å². The molecule has 4 rings (SSSR count). The van der Waals surface area contributed by atoms with Gasteiger partial charge in [0.05, 0.1) is 12.8 Å². The quantitative estimate of drug-likeness (QED) is 0.507. The maximum atomic E-state index is 13.7. The van der Waals surface area contributed by atoms with Crippen LogP contribution in [0, 0.1) is 5.82 Å². The third-order valence-corrected chi connectivity index (χ3v) is 6.44. The minimum absolute atomic E-state index is 0.0405. The molecule has 0 unspecified atom stereocenters. The smallest absolute Gasteiger partial charge is 0.259 e. The molecule has 0 bridgehead atoms. The fourth-order valence-corrected chi connectivity index (χ4v) is 4.70. The minimum Gasteiger partial charge on any atom is -0.494 e. The highest BCUT2D eigenvalue weighted by Gasteiger charge is 2.25. The van der Waals surface area contributed by atoms with Gasteiger partial charge in [-0.1, -0.05) is 17.4 Å². The molecule has 1 amide bonds. The maximum absolute atomic E-state index is 13.7. The first-order valence-corrected chi connectivity index (χ1v) is 11.4. The Kier molecular flexibility index (Phi) is 7.40. The molecule has 1 aromatic carbocycles. The second kappa shape index (κ2) is 10.6. The number of benzene rings is 1. The molecule has 2 N–H and O–H groups in total. The predicted molar refractivity (Wildman–Crippen MR) is 122 cm³/mol. The zero-order chi connectivity index (χ0) is 23.2. The van der Waals surface area contributed by atoms with Gasteiger partial charge in [-0.3, -0.25) is 10.1 Å². The Labute approximate surface area is 194 Å². The third kappa shape index (κ3) is 5.60. The van der Waals surface area contributed by atoms with E-state index < -0.39 is 17.8 Å². The van der Waals surface area contributed by atoms with E-state index in [1.54, 1.807) is 6.20 Å². The van der Waals surface area contributed by atoms with Gasteiger partial charge in [0.1, 0.15) is 0 Å². The monoisotopic (exact) mass is 472 g/mol. The highest BCUT2D eigenvalue weighted by Crippen LogP contribution is 2.34. The van der Waals surface area contributed by atoms with Gasteiger partial charge in [-0.05, 0) is 55.5 Å². The molecule has 0 aliphatic heterocycles. The standard InChI is InChI=1S/C22H25FN6O3S/c1-31-18-12-14(7-10-16(18)23)19(32-2)20(30)26-22-29-28-21(33-22)25-15-8-5-13(6-9-15)17-4-3-11-24-27-17/h3-4,7,10-13,15,19H,5-6,8-9H2,1-2H3,(H,25,28)(H,26,29,30)/t13-,15-,19-/m1/s1. The molecule has 1 atom stereocenters. The topological polar surface area (TPSA) is 111 Å². The van der Waals surface area contributed by atoms with Crippen LogP contribution in [-0.2, 0) is 9.53 Å². The molecule has 0 spiro atoms. The van der Waals surface area contributed by atoms with Crippen molar-refractivity contribution in [3.63, 3.8) is 0 Å². The second-order valence-corrected chi connectivity index (χ2v) is 8.73. The molecule has 0 saturated heterocycles. The Morgan fingerprint density at radius 3 is 2.61 bits per heavy atom. The lowest BCUT2D eigenvalue weighted by molar-refractivity contribution is -0.126. The summed E-state index contributed by atoms with van der Waals surface area (Å²) in [4.78, 5) is 12.7. The van der Waals surface area contributed by atoms with Gasteiger partial charge in [-0.25, -0.2) is 4.39 Å². The fourth-order valence-electron chi connectivity index (χ4n) is 3.98. The van der Waals surface area contributed by atoms with Gasteiger partial charge < -0.3 is 14.8 Å². The van der Waals surface area contributed by atoms with Gasteiger partial charge >= 0.3 is 0 Å². The Morgan fingerprint density at radius 2 is 1.91 bits per heavy atom. The van der Waals surface area contributed by atoms with Crippen LogP contribution in [-0.4, -0.2) is 46.6 Å². The number of carbonyl (C=O) groups is 1. The van der Waals surface area contributed by atoms with Crippen molar-refractivity contribution in [3.05, 3.63) is 53.6 Å². The Morgan fingerprint density at radius 1 is 1.12 bits per heavy atom. The van der Waals surface area contributed by atoms with Gasteiger partial charge in [-0.15, -0.1) is 10.2 Å². The lowest BCUT2D eigenvalue weighted by atomic mass is 9.84. The van der Waals surface area contributed by atoms with Crippen LogP contribution >= 0.6 is 11.3 Å². The number of hydrogen-bond donors (Lipinski definition) is 2. The first kappa shape index (κ1) is 23.0. The number of amides is 1. The first-order chi connectivity index (χ1) is 16.1. The molecule has 1 aliphatic rings. The van der Waals surface area contributed by atoms with Crippen LogP contribution in [0.15, 0.2) is 36.5 Å². The van der Waals surface area contributed by atoms with Crippen molar-refractivity contribution in [3.8, 4) is 5.75 Å². The molecular weight excluding hydrogens is 447 g/mol. The average molecular weight is 473 g/mol. The number of aromatic nitrogens is 4. The van der Waals surface area contributed by atoms with Crippen molar-refractivity contribution in [2.24, 2.45) is 0 Å². The highest BCUT2D eigenvalue weighted by molar-refractivity contribution is 7.19. The van der Waals surface area contributed by atoms with E-state index in [2.05, 4.69) is 31.0 Å². The van der Waals surface area contributed by atoms with Crippen LogP contribution in [0.25, 0.3) is 0 Å². The number of nitrogens with zero attached hydrogens (tertiary/aromatic N) is 4. The zero-order valence-corrected chi connectivity index (χ0v) is 19.1. The van der Waals surface area contributed by atoms with Crippen LogP contribution in [0.2, 0.25) is 0 Å². The molecule has 2 aromatic heterocycles. The zero-order valence-electron chi connectivity index (χ0n) is 18.3. The molecule has 3 aromatic rings. The van der Waals surface area contributed by atoms with Crippen molar-refractivity contribution in [1.82, 2.24) is 20.4 Å². The summed E-state index contributed by atoms with van der Waals surface area (Å²) in [5.41, 5.74) is 1.51.